The zero-order chi connectivity index (χ0) is 26.0. The Kier molecular flexibility index (Phi) is 6.84. The number of benzene rings is 3. The highest BCUT2D eigenvalue weighted by atomic mass is 16.1. The molecule has 0 bridgehead atoms. The van der Waals surface area contributed by atoms with Crippen LogP contribution in [0, 0.1) is 0 Å². The van der Waals surface area contributed by atoms with E-state index in [2.05, 4.69) is 83.2 Å². The monoisotopic (exact) mass is 504 g/mol. The lowest BCUT2D eigenvalue weighted by Gasteiger charge is -2.31. The number of amides is 1. The van der Waals surface area contributed by atoms with Crippen LogP contribution in [0.4, 0.5) is 5.95 Å². The van der Waals surface area contributed by atoms with Crippen LogP contribution < -0.4 is 10.6 Å². The van der Waals surface area contributed by atoms with E-state index in [1.807, 2.05) is 12.1 Å². The molecule has 3 aromatic carbocycles. The summed E-state index contributed by atoms with van der Waals surface area (Å²) in [5, 5.41) is 9.19. The predicted molar refractivity (Wildman–Crippen MR) is 153 cm³/mol. The molecule has 38 heavy (non-hydrogen) atoms. The Morgan fingerprint density at radius 3 is 2.39 bits per heavy atom. The summed E-state index contributed by atoms with van der Waals surface area (Å²) in [6, 6.07) is 25.5. The average Bonchev–Trinajstić information content (AvgIpc) is 3.66. The summed E-state index contributed by atoms with van der Waals surface area (Å²) >= 11 is 0. The van der Waals surface area contributed by atoms with Gasteiger partial charge in [0.1, 0.15) is 0 Å². The van der Waals surface area contributed by atoms with Crippen molar-refractivity contribution in [2.45, 2.75) is 75.8 Å². The van der Waals surface area contributed by atoms with E-state index in [-0.39, 0.29) is 17.4 Å². The molecule has 0 radical (unpaired) electrons. The number of rotatable bonds is 7. The molecule has 1 heterocycles. The third-order valence-electron chi connectivity index (χ3n) is 8.60. The molecule has 4 aromatic rings. The van der Waals surface area contributed by atoms with Gasteiger partial charge < -0.3 is 10.6 Å². The van der Waals surface area contributed by atoms with Crippen LogP contribution in [0.1, 0.15) is 91.5 Å². The van der Waals surface area contributed by atoms with Gasteiger partial charge in [-0.2, -0.15) is 0 Å². The molecule has 5 heteroatoms. The molecule has 6 rings (SSSR count). The molecular formula is C33H36N4O. The summed E-state index contributed by atoms with van der Waals surface area (Å²) in [6.45, 7) is 2.05. The summed E-state index contributed by atoms with van der Waals surface area (Å²) in [5.41, 5.74) is 3.50. The summed E-state index contributed by atoms with van der Waals surface area (Å²) in [6.07, 6.45) is 10.7. The van der Waals surface area contributed by atoms with E-state index < -0.39 is 0 Å². The Labute approximate surface area is 225 Å². The number of carbonyl (C=O) groups excluding carboxylic acids is 1. The van der Waals surface area contributed by atoms with E-state index >= 15 is 0 Å². The second-order valence-electron chi connectivity index (χ2n) is 11.0. The van der Waals surface area contributed by atoms with E-state index in [1.54, 1.807) is 6.20 Å². The fraction of sp³-hybridized carbons (Fsp3) is 0.364. The maximum absolute atomic E-state index is 14.0. The van der Waals surface area contributed by atoms with Crippen molar-refractivity contribution in [3.63, 3.8) is 0 Å². The number of nitrogens with one attached hydrogen (secondary N) is 2. The van der Waals surface area contributed by atoms with Crippen LogP contribution in [0.15, 0.2) is 79.0 Å². The summed E-state index contributed by atoms with van der Waals surface area (Å²) in [7, 11) is 0. The zero-order valence-electron chi connectivity index (χ0n) is 22.1. The SMILES string of the molecule is CC(NC(=O)c1cnc(NC2CCCC2)nc1C1(c2ccccc2)CCCC1)c1cccc2ccccc12. The van der Waals surface area contributed by atoms with Crippen LogP contribution in [-0.2, 0) is 5.41 Å². The van der Waals surface area contributed by atoms with Crippen molar-refractivity contribution in [2.75, 3.05) is 5.32 Å². The Balaban J connectivity index is 1.38. The molecule has 1 aromatic heterocycles. The third-order valence-corrected chi connectivity index (χ3v) is 8.60. The standard InChI is InChI=1S/C33H36N4O/c1-23(27-19-11-13-24-12-5-8-18-28(24)27)35-31(38)29-22-34-32(36-26-16-6-7-17-26)37-30(29)33(20-9-10-21-33)25-14-3-2-4-15-25/h2-5,8,11-15,18-19,22-23,26H,6-7,9-10,16-17,20-21H2,1H3,(H,35,38)(H,34,36,37). The van der Waals surface area contributed by atoms with Gasteiger partial charge in [0.15, 0.2) is 0 Å². The first-order chi connectivity index (χ1) is 18.6. The molecule has 0 aliphatic heterocycles. The highest BCUT2D eigenvalue weighted by Crippen LogP contribution is 2.47. The lowest BCUT2D eigenvalue weighted by Crippen LogP contribution is -2.34. The largest absolute Gasteiger partial charge is 0.351 e. The van der Waals surface area contributed by atoms with Gasteiger partial charge in [-0.05, 0) is 54.5 Å². The van der Waals surface area contributed by atoms with Gasteiger partial charge in [0.25, 0.3) is 5.91 Å². The molecule has 1 amide bonds. The maximum atomic E-state index is 14.0. The minimum absolute atomic E-state index is 0.116. The van der Waals surface area contributed by atoms with Crippen molar-refractivity contribution in [3.05, 3.63) is 101 Å². The number of nitrogens with zero attached hydrogens (tertiary/aromatic N) is 2. The van der Waals surface area contributed by atoms with Crippen molar-refractivity contribution in [1.82, 2.24) is 15.3 Å². The van der Waals surface area contributed by atoms with Gasteiger partial charge in [-0.1, -0.05) is 98.5 Å². The molecule has 2 aliphatic rings. The first-order valence-electron chi connectivity index (χ1n) is 14.1. The Morgan fingerprint density at radius 2 is 1.61 bits per heavy atom. The van der Waals surface area contributed by atoms with Crippen molar-refractivity contribution in [1.29, 1.82) is 0 Å². The molecule has 1 atom stereocenters. The molecular weight excluding hydrogens is 468 g/mol. The lowest BCUT2D eigenvalue weighted by molar-refractivity contribution is 0.0937. The van der Waals surface area contributed by atoms with E-state index in [0.717, 1.165) is 55.2 Å². The third kappa shape index (κ3) is 4.66. The molecule has 5 nitrogen and oxygen atoms in total. The number of hydrogen-bond acceptors (Lipinski definition) is 4. The molecule has 194 valence electrons. The number of aromatic nitrogens is 2. The predicted octanol–water partition coefficient (Wildman–Crippen LogP) is 7.34. The highest BCUT2D eigenvalue weighted by molar-refractivity contribution is 5.96. The molecule has 2 saturated carbocycles. The van der Waals surface area contributed by atoms with Crippen LogP contribution in [-0.4, -0.2) is 21.9 Å². The average molecular weight is 505 g/mol. The second-order valence-corrected chi connectivity index (χ2v) is 11.0. The van der Waals surface area contributed by atoms with E-state index in [0.29, 0.717) is 17.6 Å². The van der Waals surface area contributed by atoms with Gasteiger partial charge in [0, 0.05) is 17.7 Å². The fourth-order valence-corrected chi connectivity index (χ4v) is 6.61. The molecule has 0 spiro atoms. The summed E-state index contributed by atoms with van der Waals surface area (Å²) < 4.78 is 0. The zero-order valence-corrected chi connectivity index (χ0v) is 22.1. The lowest BCUT2D eigenvalue weighted by atomic mass is 9.74. The van der Waals surface area contributed by atoms with E-state index in [4.69, 9.17) is 4.98 Å². The van der Waals surface area contributed by atoms with Crippen molar-refractivity contribution >= 4 is 22.6 Å². The van der Waals surface area contributed by atoms with Crippen LogP contribution >= 0.6 is 0 Å². The van der Waals surface area contributed by atoms with Gasteiger partial charge in [-0.25, -0.2) is 9.97 Å². The quantitative estimate of drug-likeness (QED) is 0.276. The van der Waals surface area contributed by atoms with Crippen molar-refractivity contribution < 1.29 is 4.79 Å². The van der Waals surface area contributed by atoms with Gasteiger partial charge in [0.05, 0.1) is 17.3 Å². The van der Waals surface area contributed by atoms with Gasteiger partial charge in [-0.15, -0.1) is 0 Å². The summed E-state index contributed by atoms with van der Waals surface area (Å²) in [4.78, 5) is 23.8. The van der Waals surface area contributed by atoms with Gasteiger partial charge in [-0.3, -0.25) is 4.79 Å². The topological polar surface area (TPSA) is 66.9 Å². The van der Waals surface area contributed by atoms with Crippen LogP contribution in [0.2, 0.25) is 0 Å². The first kappa shape index (κ1) is 24.6. The van der Waals surface area contributed by atoms with E-state index in [9.17, 15) is 4.79 Å². The molecule has 2 aliphatic carbocycles. The molecule has 2 fully saturated rings. The number of carbonyl (C=O) groups is 1. The number of fused-ring (bicyclic) bond motifs is 1. The minimum Gasteiger partial charge on any atom is -0.351 e. The Bertz CT molecular complexity index is 1420. The molecule has 1 unspecified atom stereocenters. The number of anilines is 1. The molecule has 2 N–H and O–H groups in total. The maximum Gasteiger partial charge on any atom is 0.255 e. The Morgan fingerprint density at radius 1 is 0.895 bits per heavy atom. The van der Waals surface area contributed by atoms with Gasteiger partial charge in [0.2, 0.25) is 5.95 Å². The Hall–Kier alpha value is -3.73. The first-order valence-corrected chi connectivity index (χ1v) is 14.1. The fourth-order valence-electron chi connectivity index (χ4n) is 6.61. The second kappa shape index (κ2) is 10.6. The van der Waals surface area contributed by atoms with Crippen molar-refractivity contribution in [2.24, 2.45) is 0 Å². The van der Waals surface area contributed by atoms with E-state index in [1.165, 1.54) is 23.8 Å². The minimum atomic E-state index is -0.286. The normalized spacial score (nSPS) is 17.9. The van der Waals surface area contributed by atoms with Crippen LogP contribution in [0.25, 0.3) is 10.8 Å². The van der Waals surface area contributed by atoms with Crippen LogP contribution in [0.3, 0.4) is 0 Å². The van der Waals surface area contributed by atoms with Crippen LogP contribution in [0.5, 0.6) is 0 Å². The van der Waals surface area contributed by atoms with Crippen molar-refractivity contribution in [3.8, 4) is 0 Å². The van der Waals surface area contributed by atoms with Gasteiger partial charge >= 0.3 is 0 Å². The smallest absolute Gasteiger partial charge is 0.255 e. The number of hydrogen-bond donors (Lipinski definition) is 2. The molecule has 0 saturated heterocycles. The summed E-state index contributed by atoms with van der Waals surface area (Å²) in [5.74, 6) is 0.530. The highest BCUT2D eigenvalue weighted by Gasteiger charge is 2.42.